The van der Waals surface area contributed by atoms with Crippen LogP contribution in [0.5, 0.6) is 0 Å². The van der Waals surface area contributed by atoms with Gasteiger partial charge in [-0.25, -0.2) is 0 Å². The number of hydrogen-bond donors (Lipinski definition) is 0. The number of rotatable bonds is 5. The summed E-state index contributed by atoms with van der Waals surface area (Å²) in [6.07, 6.45) is 4.43. The summed E-state index contributed by atoms with van der Waals surface area (Å²) in [5.74, 6) is 0. The topological polar surface area (TPSA) is 3.24 Å². The Balaban J connectivity index is 1.64. The second-order valence-corrected chi connectivity index (χ2v) is 6.15. The maximum absolute atomic E-state index is 2.34. The van der Waals surface area contributed by atoms with Crippen LogP contribution < -0.4 is 0 Å². The molecule has 1 nitrogen and oxygen atoms in total. The van der Waals surface area contributed by atoms with Gasteiger partial charge >= 0.3 is 0 Å². The summed E-state index contributed by atoms with van der Waals surface area (Å²) in [5, 5.41) is 2.66. The zero-order chi connectivity index (χ0) is 16.1. The Morgan fingerprint density at radius 1 is 0.870 bits per heavy atom. The van der Waals surface area contributed by atoms with Crippen LogP contribution in [0.25, 0.3) is 16.8 Å². The molecule has 0 bridgehead atoms. The van der Waals surface area contributed by atoms with Crippen molar-refractivity contribution < 1.29 is 0 Å². The van der Waals surface area contributed by atoms with Crippen molar-refractivity contribution in [3.05, 3.63) is 89.5 Å². The van der Waals surface area contributed by atoms with E-state index in [4.69, 9.17) is 0 Å². The molecule has 0 atom stereocenters. The van der Waals surface area contributed by atoms with E-state index in [1.165, 1.54) is 27.5 Å². The monoisotopic (exact) mass is 301 g/mol. The first-order valence-electron chi connectivity index (χ1n) is 8.11. The van der Waals surface area contributed by atoms with Crippen molar-refractivity contribution in [1.29, 1.82) is 0 Å². The molecule has 0 aliphatic rings. The van der Waals surface area contributed by atoms with Gasteiger partial charge in [-0.05, 0) is 35.9 Å². The first-order valence-corrected chi connectivity index (χ1v) is 8.11. The number of likely N-dealkylation sites (N-methyl/N-ethyl adjacent to an activating group) is 1. The predicted molar refractivity (Wildman–Crippen MR) is 100 cm³/mol. The summed E-state index contributed by atoms with van der Waals surface area (Å²) in [6.45, 7) is 4.02. The molecule has 0 aliphatic carbocycles. The molecule has 0 saturated heterocycles. The highest BCUT2D eigenvalue weighted by Gasteiger charge is 2.03. The number of hydrogen-bond acceptors (Lipinski definition) is 1. The highest BCUT2D eigenvalue weighted by Crippen LogP contribution is 2.19. The summed E-state index contributed by atoms with van der Waals surface area (Å²) in [5.41, 5.74) is 3.94. The number of benzene rings is 3. The lowest BCUT2D eigenvalue weighted by Crippen LogP contribution is -2.17. The Labute approximate surface area is 138 Å². The van der Waals surface area contributed by atoms with Crippen molar-refractivity contribution in [2.24, 2.45) is 0 Å². The van der Waals surface area contributed by atoms with Gasteiger partial charge in [0, 0.05) is 13.1 Å². The third-order valence-corrected chi connectivity index (χ3v) is 4.12. The average Bonchev–Trinajstić information content (AvgIpc) is 2.57. The van der Waals surface area contributed by atoms with E-state index in [0.717, 1.165) is 13.1 Å². The van der Waals surface area contributed by atoms with Gasteiger partial charge in [-0.2, -0.15) is 0 Å². The van der Waals surface area contributed by atoms with Crippen molar-refractivity contribution in [2.75, 3.05) is 13.6 Å². The minimum absolute atomic E-state index is 0.942. The molecular formula is C22H23N. The van der Waals surface area contributed by atoms with Gasteiger partial charge in [0.05, 0.1) is 0 Å². The minimum Gasteiger partial charge on any atom is -0.298 e. The molecule has 3 aromatic rings. The molecule has 1 heteroatoms. The average molecular weight is 301 g/mol. The lowest BCUT2D eigenvalue weighted by atomic mass is 10.0. The fourth-order valence-corrected chi connectivity index (χ4v) is 2.83. The fourth-order valence-electron chi connectivity index (χ4n) is 2.83. The minimum atomic E-state index is 0.942. The smallest absolute Gasteiger partial charge is 0.0240 e. The summed E-state index contributed by atoms with van der Waals surface area (Å²) >= 11 is 0. The van der Waals surface area contributed by atoms with Gasteiger partial charge < -0.3 is 0 Å². The molecule has 0 heterocycles. The Bertz CT molecular complexity index is 794. The number of aryl methyl sites for hydroxylation is 1. The Morgan fingerprint density at radius 3 is 2.43 bits per heavy atom. The molecule has 0 radical (unpaired) electrons. The first kappa shape index (κ1) is 15.5. The first-order chi connectivity index (χ1) is 11.2. The SMILES string of the molecule is Cc1ccc(/C=C/CN(C)Cc2cccc3ccccc23)cc1. The normalized spacial score (nSPS) is 11.6. The molecule has 0 aliphatic heterocycles. The van der Waals surface area contributed by atoms with E-state index in [9.17, 15) is 0 Å². The maximum atomic E-state index is 2.34. The van der Waals surface area contributed by atoms with Gasteiger partial charge in [-0.1, -0.05) is 84.4 Å². The van der Waals surface area contributed by atoms with Crippen LogP contribution in [0.2, 0.25) is 0 Å². The summed E-state index contributed by atoms with van der Waals surface area (Å²) < 4.78 is 0. The zero-order valence-electron chi connectivity index (χ0n) is 13.9. The van der Waals surface area contributed by atoms with E-state index in [0.29, 0.717) is 0 Å². The summed E-state index contributed by atoms with van der Waals surface area (Å²) in [6, 6.07) is 23.8. The van der Waals surface area contributed by atoms with Gasteiger partial charge in [0.1, 0.15) is 0 Å². The van der Waals surface area contributed by atoms with Crippen LogP contribution in [-0.4, -0.2) is 18.5 Å². The van der Waals surface area contributed by atoms with Crippen molar-refractivity contribution in [3.8, 4) is 0 Å². The molecule has 0 N–H and O–H groups in total. The third-order valence-electron chi connectivity index (χ3n) is 4.12. The predicted octanol–water partition coefficient (Wildman–Crippen LogP) is 5.29. The van der Waals surface area contributed by atoms with Crippen molar-refractivity contribution >= 4 is 16.8 Å². The molecule has 0 amide bonds. The molecule has 23 heavy (non-hydrogen) atoms. The Kier molecular flexibility index (Phi) is 4.89. The summed E-state index contributed by atoms with van der Waals surface area (Å²) in [7, 11) is 2.17. The van der Waals surface area contributed by atoms with Crippen molar-refractivity contribution in [1.82, 2.24) is 4.90 Å². The van der Waals surface area contributed by atoms with Gasteiger partial charge in [0.2, 0.25) is 0 Å². The molecule has 0 fully saturated rings. The van der Waals surface area contributed by atoms with E-state index in [1.807, 2.05) is 0 Å². The standard InChI is InChI=1S/C22H23N/c1-18-12-14-19(15-13-18)7-6-16-23(2)17-21-10-5-9-20-8-3-4-11-22(20)21/h3-15H,16-17H2,1-2H3/b7-6+. The van der Waals surface area contributed by atoms with E-state index in [1.54, 1.807) is 0 Å². The van der Waals surface area contributed by atoms with Crippen LogP contribution in [0.1, 0.15) is 16.7 Å². The van der Waals surface area contributed by atoms with Crippen LogP contribution >= 0.6 is 0 Å². The summed E-state index contributed by atoms with van der Waals surface area (Å²) in [4.78, 5) is 2.34. The third kappa shape index (κ3) is 4.08. The molecule has 0 unspecified atom stereocenters. The van der Waals surface area contributed by atoms with E-state index in [2.05, 4.69) is 97.8 Å². The fraction of sp³-hybridized carbons (Fsp3) is 0.182. The lowest BCUT2D eigenvalue weighted by molar-refractivity contribution is 0.365. The highest BCUT2D eigenvalue weighted by atomic mass is 15.1. The molecule has 3 aromatic carbocycles. The van der Waals surface area contributed by atoms with Gasteiger partial charge in [0.25, 0.3) is 0 Å². The Morgan fingerprint density at radius 2 is 1.61 bits per heavy atom. The molecule has 0 spiro atoms. The largest absolute Gasteiger partial charge is 0.298 e. The second-order valence-electron chi connectivity index (χ2n) is 6.15. The molecule has 116 valence electrons. The van der Waals surface area contributed by atoms with Crippen molar-refractivity contribution in [2.45, 2.75) is 13.5 Å². The quantitative estimate of drug-likeness (QED) is 0.618. The van der Waals surface area contributed by atoms with Crippen LogP contribution in [0, 0.1) is 6.92 Å². The van der Waals surface area contributed by atoms with Crippen LogP contribution in [0.4, 0.5) is 0 Å². The highest BCUT2D eigenvalue weighted by molar-refractivity contribution is 5.85. The van der Waals surface area contributed by atoms with Gasteiger partial charge in [0.15, 0.2) is 0 Å². The van der Waals surface area contributed by atoms with E-state index >= 15 is 0 Å². The Hall–Kier alpha value is -2.38. The number of fused-ring (bicyclic) bond motifs is 1. The van der Waals surface area contributed by atoms with Crippen LogP contribution in [0.3, 0.4) is 0 Å². The van der Waals surface area contributed by atoms with Crippen LogP contribution in [-0.2, 0) is 6.54 Å². The molecule has 0 saturated carbocycles. The zero-order valence-corrected chi connectivity index (χ0v) is 13.9. The second kappa shape index (κ2) is 7.26. The maximum Gasteiger partial charge on any atom is 0.0240 e. The molecule has 0 aromatic heterocycles. The van der Waals surface area contributed by atoms with E-state index in [-0.39, 0.29) is 0 Å². The molecule has 3 rings (SSSR count). The van der Waals surface area contributed by atoms with Crippen molar-refractivity contribution in [3.63, 3.8) is 0 Å². The number of nitrogens with zero attached hydrogens (tertiary/aromatic N) is 1. The molecular weight excluding hydrogens is 278 g/mol. The van der Waals surface area contributed by atoms with Gasteiger partial charge in [-0.15, -0.1) is 0 Å². The van der Waals surface area contributed by atoms with Gasteiger partial charge in [-0.3, -0.25) is 4.90 Å². The van der Waals surface area contributed by atoms with E-state index < -0.39 is 0 Å². The lowest BCUT2D eigenvalue weighted by Gasteiger charge is -2.16. The van der Waals surface area contributed by atoms with Crippen LogP contribution in [0.15, 0.2) is 72.8 Å².